The van der Waals surface area contributed by atoms with E-state index in [1.165, 1.54) is 6.20 Å². The first-order valence-electron chi connectivity index (χ1n) is 9.03. The number of esters is 1. The van der Waals surface area contributed by atoms with Crippen LogP contribution in [0.1, 0.15) is 22.8 Å². The highest BCUT2D eigenvalue weighted by Gasteiger charge is 2.15. The van der Waals surface area contributed by atoms with Crippen LogP contribution in [0.25, 0.3) is 0 Å². The van der Waals surface area contributed by atoms with Crippen molar-refractivity contribution in [2.24, 2.45) is 0 Å². The van der Waals surface area contributed by atoms with Gasteiger partial charge in [-0.25, -0.2) is 4.98 Å². The van der Waals surface area contributed by atoms with Crippen LogP contribution in [0, 0.1) is 0 Å². The van der Waals surface area contributed by atoms with E-state index in [0.29, 0.717) is 22.8 Å². The van der Waals surface area contributed by atoms with Crippen LogP contribution in [0.5, 0.6) is 17.4 Å². The minimum atomic E-state index is -0.454. The maximum atomic E-state index is 12.5. The van der Waals surface area contributed by atoms with E-state index in [4.69, 9.17) is 9.47 Å². The molecule has 1 aromatic heterocycles. The molecule has 0 aliphatic heterocycles. The van der Waals surface area contributed by atoms with Crippen molar-refractivity contribution in [3.63, 3.8) is 0 Å². The zero-order valence-electron chi connectivity index (χ0n) is 15.8. The van der Waals surface area contributed by atoms with E-state index >= 15 is 0 Å². The minimum Gasteiger partial charge on any atom is -0.505 e. The molecule has 3 aromatic rings. The summed E-state index contributed by atoms with van der Waals surface area (Å²) in [6.45, 7) is 1.96. The van der Waals surface area contributed by atoms with Gasteiger partial charge >= 0.3 is 5.97 Å². The Bertz CT molecular complexity index is 988. The molecule has 0 saturated carbocycles. The van der Waals surface area contributed by atoms with Gasteiger partial charge in [-0.3, -0.25) is 9.59 Å². The van der Waals surface area contributed by atoms with Gasteiger partial charge in [0.25, 0.3) is 5.91 Å². The van der Waals surface area contributed by atoms with Crippen LogP contribution in [0.3, 0.4) is 0 Å². The Labute approximate surface area is 167 Å². The number of carbonyl (C=O) groups excluding carboxylic acids is 2. The number of hydrogen-bond donors (Lipinski definition) is 2. The number of anilines is 1. The van der Waals surface area contributed by atoms with Crippen molar-refractivity contribution in [1.29, 1.82) is 0 Å². The van der Waals surface area contributed by atoms with Gasteiger partial charge in [-0.15, -0.1) is 0 Å². The topological polar surface area (TPSA) is 97.8 Å². The van der Waals surface area contributed by atoms with Crippen LogP contribution in [0.4, 0.5) is 5.69 Å². The number of aromatic nitrogens is 1. The molecule has 1 heterocycles. The SMILES string of the molecule is CCOC(=O)Cc1cccc(NC(=O)c2ccc(Oc3ccccc3)nc2)c1O. The molecule has 0 aliphatic carbocycles. The summed E-state index contributed by atoms with van der Waals surface area (Å²) in [6.07, 6.45) is 1.30. The highest BCUT2D eigenvalue weighted by Crippen LogP contribution is 2.28. The first-order chi connectivity index (χ1) is 14.1. The van der Waals surface area contributed by atoms with Gasteiger partial charge in [0, 0.05) is 17.8 Å². The molecule has 0 radical (unpaired) electrons. The van der Waals surface area contributed by atoms with Gasteiger partial charge < -0.3 is 19.9 Å². The van der Waals surface area contributed by atoms with Gasteiger partial charge in [0.1, 0.15) is 11.5 Å². The molecule has 7 heteroatoms. The number of para-hydroxylation sites is 2. The number of rotatable bonds is 7. The number of phenols is 1. The van der Waals surface area contributed by atoms with E-state index in [1.54, 1.807) is 49.4 Å². The average molecular weight is 392 g/mol. The molecule has 148 valence electrons. The van der Waals surface area contributed by atoms with Gasteiger partial charge in [-0.1, -0.05) is 30.3 Å². The number of nitrogens with one attached hydrogen (secondary N) is 1. The Morgan fingerprint density at radius 2 is 1.83 bits per heavy atom. The monoisotopic (exact) mass is 392 g/mol. The lowest BCUT2D eigenvalue weighted by Gasteiger charge is -2.11. The molecule has 7 nitrogen and oxygen atoms in total. The van der Waals surface area contributed by atoms with Gasteiger partial charge in [0.15, 0.2) is 0 Å². The number of phenolic OH excluding ortho intramolecular Hbond substituents is 1. The summed E-state index contributed by atoms with van der Waals surface area (Å²) < 4.78 is 10.5. The van der Waals surface area contributed by atoms with Gasteiger partial charge in [-0.2, -0.15) is 0 Å². The quantitative estimate of drug-likeness (QED) is 0.467. The summed E-state index contributed by atoms with van der Waals surface area (Å²) in [5, 5.41) is 13.0. The summed E-state index contributed by atoms with van der Waals surface area (Å²) in [5.41, 5.74) is 0.855. The molecule has 0 fully saturated rings. The Hall–Kier alpha value is -3.87. The number of carbonyl (C=O) groups is 2. The van der Waals surface area contributed by atoms with E-state index in [9.17, 15) is 14.7 Å². The molecule has 1 amide bonds. The normalized spacial score (nSPS) is 10.2. The van der Waals surface area contributed by atoms with Gasteiger partial charge in [-0.05, 0) is 31.2 Å². The maximum absolute atomic E-state index is 12.5. The van der Waals surface area contributed by atoms with E-state index in [2.05, 4.69) is 10.3 Å². The fraction of sp³-hybridized carbons (Fsp3) is 0.136. The summed E-state index contributed by atoms with van der Waals surface area (Å²) in [6, 6.07) is 17.1. The highest BCUT2D eigenvalue weighted by molar-refractivity contribution is 6.05. The predicted octanol–water partition coefficient (Wildman–Crippen LogP) is 3.94. The van der Waals surface area contributed by atoms with E-state index < -0.39 is 11.9 Å². The summed E-state index contributed by atoms with van der Waals surface area (Å²) in [5.74, 6) is -0.0877. The fourth-order valence-electron chi connectivity index (χ4n) is 2.58. The highest BCUT2D eigenvalue weighted by atomic mass is 16.5. The first kappa shape index (κ1) is 19.9. The molecule has 0 atom stereocenters. The van der Waals surface area contributed by atoms with Crippen LogP contribution in [0.15, 0.2) is 66.9 Å². The second-order valence-corrected chi connectivity index (χ2v) is 6.05. The van der Waals surface area contributed by atoms with Gasteiger partial charge in [0.2, 0.25) is 5.88 Å². The van der Waals surface area contributed by atoms with Crippen molar-refractivity contribution in [3.05, 3.63) is 78.0 Å². The standard InChI is InChI=1S/C22H20N2O5/c1-2-28-20(25)13-15-7-6-10-18(21(15)26)24-22(27)16-11-12-19(23-14-16)29-17-8-4-3-5-9-17/h3-12,14,26H,2,13H2,1H3,(H,24,27). The molecule has 2 aromatic carbocycles. The number of pyridine rings is 1. The molecule has 0 aliphatic rings. The van der Waals surface area contributed by atoms with E-state index in [0.717, 1.165) is 0 Å². The lowest BCUT2D eigenvalue weighted by atomic mass is 10.1. The first-order valence-corrected chi connectivity index (χ1v) is 9.03. The average Bonchev–Trinajstić information content (AvgIpc) is 2.72. The van der Waals surface area contributed by atoms with Crippen molar-refractivity contribution in [2.75, 3.05) is 11.9 Å². The summed E-state index contributed by atoms with van der Waals surface area (Å²) in [4.78, 5) is 28.2. The van der Waals surface area contributed by atoms with E-state index in [1.807, 2.05) is 18.2 Å². The Kier molecular flexibility index (Phi) is 6.42. The van der Waals surface area contributed by atoms with Crippen LogP contribution in [-0.2, 0) is 16.0 Å². The van der Waals surface area contributed by atoms with Crippen molar-refractivity contribution < 1.29 is 24.2 Å². The number of amides is 1. The lowest BCUT2D eigenvalue weighted by molar-refractivity contribution is -0.142. The molecule has 0 unspecified atom stereocenters. The van der Waals surface area contributed by atoms with Crippen molar-refractivity contribution in [2.45, 2.75) is 13.3 Å². The molecule has 29 heavy (non-hydrogen) atoms. The maximum Gasteiger partial charge on any atom is 0.310 e. The third-order valence-corrected chi connectivity index (χ3v) is 3.97. The predicted molar refractivity (Wildman–Crippen MR) is 107 cm³/mol. The molecule has 3 rings (SSSR count). The second kappa shape index (κ2) is 9.36. The van der Waals surface area contributed by atoms with E-state index in [-0.39, 0.29) is 24.5 Å². The van der Waals surface area contributed by atoms with Crippen LogP contribution < -0.4 is 10.1 Å². The molecule has 2 N–H and O–H groups in total. The molecule has 0 spiro atoms. The second-order valence-electron chi connectivity index (χ2n) is 6.05. The third kappa shape index (κ3) is 5.32. The third-order valence-electron chi connectivity index (χ3n) is 3.97. The minimum absolute atomic E-state index is 0.0868. The van der Waals surface area contributed by atoms with Crippen LogP contribution >= 0.6 is 0 Å². The van der Waals surface area contributed by atoms with Crippen molar-refractivity contribution >= 4 is 17.6 Å². The molecular weight excluding hydrogens is 372 g/mol. The number of nitrogens with zero attached hydrogens (tertiary/aromatic N) is 1. The van der Waals surface area contributed by atoms with Crippen LogP contribution in [-0.4, -0.2) is 28.6 Å². The Balaban J connectivity index is 1.68. The van der Waals surface area contributed by atoms with Crippen molar-refractivity contribution in [1.82, 2.24) is 4.98 Å². The Morgan fingerprint density at radius 1 is 1.03 bits per heavy atom. The molecule has 0 bridgehead atoms. The fourth-order valence-corrected chi connectivity index (χ4v) is 2.58. The zero-order chi connectivity index (χ0) is 20.6. The number of hydrogen-bond acceptors (Lipinski definition) is 6. The number of benzene rings is 2. The zero-order valence-corrected chi connectivity index (χ0v) is 15.8. The summed E-state index contributed by atoms with van der Waals surface area (Å²) >= 11 is 0. The van der Waals surface area contributed by atoms with Gasteiger partial charge in [0.05, 0.1) is 24.3 Å². The molecule has 0 saturated heterocycles. The Morgan fingerprint density at radius 3 is 2.52 bits per heavy atom. The smallest absolute Gasteiger partial charge is 0.310 e. The molecular formula is C22H20N2O5. The number of aromatic hydroxyl groups is 1. The lowest BCUT2D eigenvalue weighted by Crippen LogP contribution is -2.13. The summed E-state index contributed by atoms with van der Waals surface area (Å²) in [7, 11) is 0. The largest absolute Gasteiger partial charge is 0.505 e. The number of ether oxygens (including phenoxy) is 2. The van der Waals surface area contributed by atoms with Crippen LogP contribution in [0.2, 0.25) is 0 Å². The van der Waals surface area contributed by atoms with Crippen molar-refractivity contribution in [3.8, 4) is 17.4 Å².